The van der Waals surface area contributed by atoms with Gasteiger partial charge in [-0.05, 0) is 36.4 Å². The van der Waals surface area contributed by atoms with Gasteiger partial charge < -0.3 is 5.32 Å². The van der Waals surface area contributed by atoms with Crippen molar-refractivity contribution in [2.24, 2.45) is 0 Å². The highest BCUT2D eigenvalue weighted by atomic mass is 79.9. The molecule has 80 valence electrons. The van der Waals surface area contributed by atoms with Crippen molar-refractivity contribution in [3.05, 3.63) is 45.3 Å². The molecule has 0 saturated carbocycles. The van der Waals surface area contributed by atoms with Crippen LogP contribution >= 0.6 is 43.6 Å². The molecule has 1 heterocycles. The molecule has 0 aromatic heterocycles. The molecule has 2 aromatic carbocycles. The number of anilines is 2. The number of rotatable bonds is 0. The maximum atomic E-state index is 3.49. The van der Waals surface area contributed by atoms with Crippen molar-refractivity contribution < 1.29 is 0 Å². The third-order valence-electron chi connectivity index (χ3n) is 2.37. The van der Waals surface area contributed by atoms with E-state index < -0.39 is 0 Å². The van der Waals surface area contributed by atoms with Crippen LogP contribution < -0.4 is 5.32 Å². The summed E-state index contributed by atoms with van der Waals surface area (Å²) in [5.74, 6) is 0. The van der Waals surface area contributed by atoms with E-state index in [2.05, 4.69) is 73.6 Å². The summed E-state index contributed by atoms with van der Waals surface area (Å²) in [7, 11) is 0. The lowest BCUT2D eigenvalue weighted by atomic mass is 10.2. The van der Waals surface area contributed by atoms with Crippen molar-refractivity contribution in [2.75, 3.05) is 5.32 Å². The standard InChI is InChI=1S/C12H7Br2NS/c13-7-2-4-11-10(5-7)15-9-3-1-8(14)6-12(9)16-11/h1-6,15H. The van der Waals surface area contributed by atoms with Gasteiger partial charge in [-0.15, -0.1) is 0 Å². The van der Waals surface area contributed by atoms with Crippen molar-refractivity contribution in [1.82, 2.24) is 0 Å². The molecule has 0 amide bonds. The number of hydrogen-bond acceptors (Lipinski definition) is 2. The number of fused-ring (bicyclic) bond motifs is 2. The van der Waals surface area contributed by atoms with Gasteiger partial charge in [0.05, 0.1) is 11.4 Å². The van der Waals surface area contributed by atoms with E-state index in [1.165, 1.54) is 15.5 Å². The van der Waals surface area contributed by atoms with E-state index in [9.17, 15) is 0 Å². The Hall–Kier alpha value is -0.450. The molecule has 4 heteroatoms. The third-order valence-corrected chi connectivity index (χ3v) is 4.49. The van der Waals surface area contributed by atoms with Gasteiger partial charge in [0.2, 0.25) is 0 Å². The van der Waals surface area contributed by atoms with Crippen LogP contribution in [0, 0.1) is 0 Å². The van der Waals surface area contributed by atoms with Crippen molar-refractivity contribution in [2.45, 2.75) is 9.79 Å². The molecule has 0 bridgehead atoms. The molecule has 1 N–H and O–H groups in total. The Morgan fingerprint density at radius 3 is 2.44 bits per heavy atom. The molecule has 0 radical (unpaired) electrons. The van der Waals surface area contributed by atoms with Gasteiger partial charge in [-0.1, -0.05) is 43.6 Å². The lowest BCUT2D eigenvalue weighted by molar-refractivity contribution is 1.30. The topological polar surface area (TPSA) is 12.0 Å². The van der Waals surface area contributed by atoms with Gasteiger partial charge in [-0.3, -0.25) is 0 Å². The molecule has 16 heavy (non-hydrogen) atoms. The molecule has 0 atom stereocenters. The number of hydrogen-bond donors (Lipinski definition) is 1. The van der Waals surface area contributed by atoms with Gasteiger partial charge in [0, 0.05) is 18.7 Å². The first-order valence-electron chi connectivity index (χ1n) is 4.76. The van der Waals surface area contributed by atoms with E-state index >= 15 is 0 Å². The van der Waals surface area contributed by atoms with Crippen molar-refractivity contribution in [3.8, 4) is 0 Å². The zero-order valence-electron chi connectivity index (χ0n) is 8.13. The molecule has 0 aliphatic carbocycles. The number of halogens is 2. The summed E-state index contributed by atoms with van der Waals surface area (Å²) < 4.78 is 2.21. The van der Waals surface area contributed by atoms with E-state index in [-0.39, 0.29) is 0 Å². The van der Waals surface area contributed by atoms with Crippen LogP contribution in [0.3, 0.4) is 0 Å². The Kier molecular flexibility index (Phi) is 2.73. The Morgan fingerprint density at radius 2 is 1.56 bits per heavy atom. The smallest absolute Gasteiger partial charge is 0.0537 e. The van der Waals surface area contributed by atoms with Crippen molar-refractivity contribution in [3.63, 3.8) is 0 Å². The van der Waals surface area contributed by atoms with Crippen molar-refractivity contribution in [1.29, 1.82) is 0 Å². The van der Waals surface area contributed by atoms with Crippen LogP contribution in [-0.4, -0.2) is 0 Å². The Balaban J connectivity index is 2.09. The molecule has 1 aliphatic rings. The quantitative estimate of drug-likeness (QED) is 0.577. The first-order chi connectivity index (χ1) is 7.72. The summed E-state index contributed by atoms with van der Waals surface area (Å²) in [5, 5.41) is 3.44. The highest BCUT2D eigenvalue weighted by Crippen LogP contribution is 2.45. The SMILES string of the molecule is Brc1ccc2c(c1)Nc1ccc(Br)cc1S2. The highest BCUT2D eigenvalue weighted by molar-refractivity contribution is 9.10. The van der Waals surface area contributed by atoms with E-state index in [0.717, 1.165) is 14.6 Å². The largest absolute Gasteiger partial charge is 0.354 e. The monoisotopic (exact) mass is 355 g/mol. The predicted octanol–water partition coefficient (Wildman–Crippen LogP) is 5.42. The zero-order chi connectivity index (χ0) is 11.1. The lowest BCUT2D eigenvalue weighted by Crippen LogP contribution is -1.99. The van der Waals surface area contributed by atoms with Crippen molar-refractivity contribution >= 4 is 55.0 Å². The Labute approximate surface area is 115 Å². The van der Waals surface area contributed by atoms with E-state index in [1.54, 1.807) is 11.8 Å². The van der Waals surface area contributed by atoms with Crippen LogP contribution in [0.15, 0.2) is 55.1 Å². The van der Waals surface area contributed by atoms with Crippen LogP contribution in [-0.2, 0) is 0 Å². The number of benzene rings is 2. The van der Waals surface area contributed by atoms with Gasteiger partial charge in [0.25, 0.3) is 0 Å². The van der Waals surface area contributed by atoms with Gasteiger partial charge in [0.1, 0.15) is 0 Å². The fraction of sp³-hybridized carbons (Fsp3) is 0. The summed E-state index contributed by atoms with van der Waals surface area (Å²) in [5.41, 5.74) is 2.33. The normalized spacial score (nSPS) is 12.6. The Bertz CT molecular complexity index is 517. The summed E-state index contributed by atoms with van der Waals surface area (Å²) in [6.07, 6.45) is 0. The van der Waals surface area contributed by atoms with E-state index in [1.807, 2.05) is 0 Å². The Morgan fingerprint density at radius 1 is 0.812 bits per heavy atom. The van der Waals surface area contributed by atoms with E-state index in [0.29, 0.717) is 0 Å². The van der Waals surface area contributed by atoms with Crippen LogP contribution in [0.1, 0.15) is 0 Å². The minimum Gasteiger partial charge on any atom is -0.354 e. The average molecular weight is 357 g/mol. The molecule has 1 nitrogen and oxygen atoms in total. The average Bonchev–Trinajstić information content (AvgIpc) is 2.26. The zero-order valence-corrected chi connectivity index (χ0v) is 12.1. The molecule has 0 spiro atoms. The molecule has 2 aromatic rings. The summed E-state index contributed by atoms with van der Waals surface area (Å²) in [6.45, 7) is 0. The molecular formula is C12H7Br2NS. The fourth-order valence-corrected chi connectivity index (χ4v) is 3.52. The lowest BCUT2D eigenvalue weighted by Gasteiger charge is -2.21. The summed E-state index contributed by atoms with van der Waals surface area (Å²) >= 11 is 8.77. The first-order valence-corrected chi connectivity index (χ1v) is 7.16. The van der Waals surface area contributed by atoms with Gasteiger partial charge in [-0.2, -0.15) is 0 Å². The van der Waals surface area contributed by atoms with E-state index in [4.69, 9.17) is 0 Å². The van der Waals surface area contributed by atoms with Crippen LogP contribution in [0.5, 0.6) is 0 Å². The minimum atomic E-state index is 1.10. The predicted molar refractivity (Wildman–Crippen MR) is 75.7 cm³/mol. The molecular weight excluding hydrogens is 350 g/mol. The van der Waals surface area contributed by atoms with Crippen LogP contribution in [0.2, 0.25) is 0 Å². The third kappa shape index (κ3) is 1.90. The highest BCUT2D eigenvalue weighted by Gasteiger charge is 2.15. The first kappa shape index (κ1) is 10.7. The van der Waals surface area contributed by atoms with Gasteiger partial charge in [-0.25, -0.2) is 0 Å². The molecule has 0 saturated heterocycles. The molecule has 0 fully saturated rings. The summed E-state index contributed by atoms with van der Waals surface area (Å²) in [4.78, 5) is 2.51. The van der Waals surface area contributed by atoms with Crippen LogP contribution in [0.25, 0.3) is 0 Å². The van der Waals surface area contributed by atoms with Gasteiger partial charge >= 0.3 is 0 Å². The van der Waals surface area contributed by atoms with Gasteiger partial charge in [0.15, 0.2) is 0 Å². The second-order valence-electron chi connectivity index (χ2n) is 3.51. The minimum absolute atomic E-state index is 1.10. The second-order valence-corrected chi connectivity index (χ2v) is 6.42. The summed E-state index contributed by atoms with van der Waals surface area (Å²) in [6, 6.07) is 12.6. The molecule has 1 aliphatic heterocycles. The molecule has 0 unspecified atom stereocenters. The number of nitrogens with one attached hydrogen (secondary N) is 1. The molecule has 3 rings (SSSR count). The van der Waals surface area contributed by atoms with Crippen LogP contribution in [0.4, 0.5) is 11.4 Å². The second kappa shape index (κ2) is 4.09. The fourth-order valence-electron chi connectivity index (χ4n) is 1.64. The maximum absolute atomic E-state index is 3.49. The maximum Gasteiger partial charge on any atom is 0.0537 e.